The summed E-state index contributed by atoms with van der Waals surface area (Å²) in [7, 11) is 0. The van der Waals surface area contributed by atoms with Gasteiger partial charge in [-0.05, 0) is 19.3 Å². The first-order chi connectivity index (χ1) is 8.24. The normalized spacial score (nSPS) is 11.3. The van der Waals surface area contributed by atoms with Crippen LogP contribution in [0, 0.1) is 5.92 Å². The number of hydrogen-bond acceptors (Lipinski definition) is 4. The van der Waals surface area contributed by atoms with Gasteiger partial charge < -0.3 is 14.6 Å². The highest BCUT2D eigenvalue weighted by atomic mass is 16.5. The molecule has 0 spiro atoms. The lowest BCUT2D eigenvalue weighted by atomic mass is 10.1. The molecule has 1 heterocycles. The van der Waals surface area contributed by atoms with Crippen LogP contribution in [-0.4, -0.2) is 34.5 Å². The summed E-state index contributed by atoms with van der Waals surface area (Å²) in [5.74, 6) is 1.70. The van der Waals surface area contributed by atoms with Gasteiger partial charge in [-0.3, -0.25) is 0 Å². The molecule has 0 saturated heterocycles. The largest absolute Gasteiger partial charge is 0.380 e. The Bertz CT molecular complexity index is 298. The van der Waals surface area contributed by atoms with E-state index >= 15 is 0 Å². The van der Waals surface area contributed by atoms with Gasteiger partial charge in [-0.15, -0.1) is 10.2 Å². The SMILES string of the molecule is CCn1cnnc1CNCCOCCC(C)C. The van der Waals surface area contributed by atoms with Gasteiger partial charge >= 0.3 is 0 Å². The van der Waals surface area contributed by atoms with Crippen molar-refractivity contribution in [3.8, 4) is 0 Å². The maximum Gasteiger partial charge on any atom is 0.146 e. The molecule has 5 nitrogen and oxygen atoms in total. The minimum atomic E-state index is 0.714. The van der Waals surface area contributed by atoms with E-state index in [1.807, 2.05) is 4.57 Å². The van der Waals surface area contributed by atoms with E-state index in [9.17, 15) is 0 Å². The molecule has 0 aliphatic carbocycles. The van der Waals surface area contributed by atoms with Crippen molar-refractivity contribution in [2.45, 2.75) is 40.3 Å². The molecule has 1 aromatic rings. The van der Waals surface area contributed by atoms with Crippen molar-refractivity contribution in [3.05, 3.63) is 12.2 Å². The summed E-state index contributed by atoms with van der Waals surface area (Å²) in [6, 6.07) is 0. The molecular weight excluding hydrogens is 216 g/mol. The van der Waals surface area contributed by atoms with E-state index in [1.54, 1.807) is 6.33 Å². The van der Waals surface area contributed by atoms with Crippen LogP contribution in [0.5, 0.6) is 0 Å². The van der Waals surface area contributed by atoms with Crippen LogP contribution >= 0.6 is 0 Å². The molecule has 1 rings (SSSR count). The first-order valence-corrected chi connectivity index (χ1v) is 6.39. The molecule has 0 aliphatic rings. The molecule has 0 fully saturated rings. The van der Waals surface area contributed by atoms with Crippen molar-refractivity contribution in [2.24, 2.45) is 5.92 Å². The number of ether oxygens (including phenoxy) is 1. The second-order valence-corrected chi connectivity index (χ2v) is 4.50. The minimum absolute atomic E-state index is 0.714. The zero-order chi connectivity index (χ0) is 12.5. The van der Waals surface area contributed by atoms with Crippen LogP contribution in [0.3, 0.4) is 0 Å². The fourth-order valence-corrected chi connectivity index (χ4v) is 1.45. The molecule has 1 aromatic heterocycles. The Hall–Kier alpha value is -0.940. The van der Waals surface area contributed by atoms with Gasteiger partial charge in [0, 0.05) is 19.7 Å². The van der Waals surface area contributed by atoms with E-state index in [2.05, 4.69) is 36.3 Å². The van der Waals surface area contributed by atoms with Gasteiger partial charge in [0.15, 0.2) is 0 Å². The van der Waals surface area contributed by atoms with E-state index in [-0.39, 0.29) is 0 Å². The molecule has 0 amide bonds. The number of aromatic nitrogens is 3. The van der Waals surface area contributed by atoms with Gasteiger partial charge in [-0.1, -0.05) is 13.8 Å². The van der Waals surface area contributed by atoms with Crippen molar-refractivity contribution in [2.75, 3.05) is 19.8 Å². The molecule has 0 saturated carbocycles. The number of nitrogens with one attached hydrogen (secondary N) is 1. The molecule has 0 aliphatic heterocycles. The molecule has 0 unspecified atom stereocenters. The van der Waals surface area contributed by atoms with Crippen molar-refractivity contribution in [3.63, 3.8) is 0 Å². The molecule has 0 bridgehead atoms. The minimum Gasteiger partial charge on any atom is -0.380 e. The highest BCUT2D eigenvalue weighted by Gasteiger charge is 2.01. The Morgan fingerprint density at radius 3 is 2.94 bits per heavy atom. The number of rotatable bonds is 9. The van der Waals surface area contributed by atoms with E-state index in [1.165, 1.54) is 0 Å². The van der Waals surface area contributed by atoms with E-state index in [4.69, 9.17) is 4.74 Å². The third kappa shape index (κ3) is 5.79. The molecule has 0 atom stereocenters. The molecule has 0 radical (unpaired) electrons. The topological polar surface area (TPSA) is 52.0 Å². The molecule has 98 valence electrons. The standard InChI is InChI=1S/C12H24N4O/c1-4-16-10-14-15-12(16)9-13-6-8-17-7-5-11(2)3/h10-11,13H,4-9H2,1-3H3. The van der Waals surface area contributed by atoms with Crippen LogP contribution in [-0.2, 0) is 17.8 Å². The lowest BCUT2D eigenvalue weighted by Gasteiger charge is -2.07. The van der Waals surface area contributed by atoms with Gasteiger partial charge in [0.1, 0.15) is 12.2 Å². The Kier molecular flexibility index (Phi) is 6.81. The van der Waals surface area contributed by atoms with Gasteiger partial charge in [0.05, 0.1) is 13.2 Å². The third-order valence-corrected chi connectivity index (χ3v) is 2.58. The maximum atomic E-state index is 5.52. The van der Waals surface area contributed by atoms with Gasteiger partial charge in [0.25, 0.3) is 0 Å². The van der Waals surface area contributed by atoms with Crippen LogP contribution in [0.1, 0.15) is 33.0 Å². The summed E-state index contributed by atoms with van der Waals surface area (Å²) in [6.07, 6.45) is 2.89. The fourth-order valence-electron chi connectivity index (χ4n) is 1.45. The average Bonchev–Trinajstić information content (AvgIpc) is 2.74. The lowest BCUT2D eigenvalue weighted by Crippen LogP contribution is -2.21. The Labute approximate surface area is 104 Å². The zero-order valence-electron chi connectivity index (χ0n) is 11.1. The van der Waals surface area contributed by atoms with E-state index < -0.39 is 0 Å². The molecular formula is C12H24N4O. The van der Waals surface area contributed by atoms with Gasteiger partial charge in [0.2, 0.25) is 0 Å². The maximum absolute atomic E-state index is 5.52. The molecule has 0 aromatic carbocycles. The molecule has 17 heavy (non-hydrogen) atoms. The second-order valence-electron chi connectivity index (χ2n) is 4.50. The van der Waals surface area contributed by atoms with Crippen molar-refractivity contribution in [1.29, 1.82) is 0 Å². The predicted molar refractivity (Wildman–Crippen MR) is 67.7 cm³/mol. The average molecular weight is 240 g/mol. The van der Waals surface area contributed by atoms with Crippen LogP contribution in [0.2, 0.25) is 0 Å². The number of hydrogen-bond donors (Lipinski definition) is 1. The quantitative estimate of drug-likeness (QED) is 0.664. The van der Waals surface area contributed by atoms with Crippen molar-refractivity contribution in [1.82, 2.24) is 20.1 Å². The summed E-state index contributed by atoms with van der Waals surface area (Å²) < 4.78 is 7.55. The number of nitrogens with zero attached hydrogens (tertiary/aromatic N) is 3. The monoisotopic (exact) mass is 240 g/mol. The molecule has 5 heteroatoms. The smallest absolute Gasteiger partial charge is 0.146 e. The highest BCUT2D eigenvalue weighted by molar-refractivity contribution is 4.84. The van der Waals surface area contributed by atoms with Crippen molar-refractivity contribution < 1.29 is 4.74 Å². The summed E-state index contributed by atoms with van der Waals surface area (Å²) in [5, 5.41) is 11.2. The van der Waals surface area contributed by atoms with Crippen molar-refractivity contribution >= 4 is 0 Å². The first kappa shape index (κ1) is 14.1. The summed E-state index contributed by atoms with van der Waals surface area (Å²) >= 11 is 0. The van der Waals surface area contributed by atoms with E-state index in [0.717, 1.165) is 45.1 Å². The van der Waals surface area contributed by atoms with E-state index in [0.29, 0.717) is 5.92 Å². The summed E-state index contributed by atoms with van der Waals surface area (Å²) in [4.78, 5) is 0. The summed E-state index contributed by atoms with van der Waals surface area (Å²) in [6.45, 7) is 10.6. The second kappa shape index (κ2) is 8.20. The highest BCUT2D eigenvalue weighted by Crippen LogP contribution is 1.98. The molecule has 1 N–H and O–H groups in total. The predicted octanol–water partition coefficient (Wildman–Crippen LogP) is 1.45. The Morgan fingerprint density at radius 1 is 1.41 bits per heavy atom. The third-order valence-electron chi connectivity index (χ3n) is 2.58. The van der Waals surface area contributed by atoms with Gasteiger partial charge in [-0.2, -0.15) is 0 Å². The first-order valence-electron chi connectivity index (χ1n) is 6.39. The number of aryl methyl sites for hydroxylation is 1. The van der Waals surface area contributed by atoms with Crippen LogP contribution in [0.15, 0.2) is 6.33 Å². The fraction of sp³-hybridized carbons (Fsp3) is 0.833. The summed E-state index contributed by atoms with van der Waals surface area (Å²) in [5.41, 5.74) is 0. The van der Waals surface area contributed by atoms with Crippen LogP contribution in [0.25, 0.3) is 0 Å². The lowest BCUT2D eigenvalue weighted by molar-refractivity contribution is 0.125. The van der Waals surface area contributed by atoms with Crippen LogP contribution < -0.4 is 5.32 Å². The van der Waals surface area contributed by atoms with Gasteiger partial charge in [-0.25, -0.2) is 0 Å². The Morgan fingerprint density at radius 2 is 2.24 bits per heavy atom. The zero-order valence-corrected chi connectivity index (χ0v) is 11.1. The Balaban J connectivity index is 2.01. The van der Waals surface area contributed by atoms with Crippen LogP contribution in [0.4, 0.5) is 0 Å².